The molecular formula is C21H22ClN5O3S2. The van der Waals surface area contributed by atoms with Crippen LogP contribution >= 0.6 is 22.9 Å². The summed E-state index contributed by atoms with van der Waals surface area (Å²) in [5.74, 6) is -0.480. The van der Waals surface area contributed by atoms with E-state index in [0.29, 0.717) is 18.0 Å². The van der Waals surface area contributed by atoms with Crippen LogP contribution < -0.4 is 10.0 Å². The Morgan fingerprint density at radius 2 is 1.84 bits per heavy atom. The summed E-state index contributed by atoms with van der Waals surface area (Å²) >= 11 is 6.80. The molecule has 1 aromatic heterocycles. The zero-order chi connectivity index (χ0) is 22.6. The van der Waals surface area contributed by atoms with Crippen LogP contribution in [0.5, 0.6) is 0 Å². The lowest BCUT2D eigenvalue weighted by Crippen LogP contribution is -2.33. The van der Waals surface area contributed by atoms with Crippen LogP contribution in [0.3, 0.4) is 0 Å². The van der Waals surface area contributed by atoms with E-state index in [2.05, 4.69) is 43.3 Å². The lowest BCUT2D eigenvalue weighted by atomic mass is 10.00. The summed E-state index contributed by atoms with van der Waals surface area (Å²) in [6.07, 6.45) is 1.69. The number of nitrogens with one attached hydrogen (secondary N) is 2. The number of hydrogen-bond acceptors (Lipinski definition) is 7. The Kier molecular flexibility index (Phi) is 7.17. The number of anilines is 1. The van der Waals surface area contributed by atoms with Gasteiger partial charge in [0, 0.05) is 19.6 Å². The molecule has 0 atom stereocenters. The lowest BCUT2D eigenvalue weighted by molar-refractivity contribution is 0.102. The van der Waals surface area contributed by atoms with E-state index >= 15 is 0 Å². The largest absolute Gasteiger partial charge is 0.299 e. The zero-order valence-corrected chi connectivity index (χ0v) is 19.5. The zero-order valence-electron chi connectivity index (χ0n) is 17.1. The quantitative estimate of drug-likeness (QED) is 0.370. The molecule has 0 unspecified atom stereocenters. The van der Waals surface area contributed by atoms with E-state index in [1.54, 1.807) is 24.3 Å². The topological polar surface area (TPSA) is 104 Å². The van der Waals surface area contributed by atoms with Gasteiger partial charge < -0.3 is 0 Å². The number of benzene rings is 2. The summed E-state index contributed by atoms with van der Waals surface area (Å²) < 4.78 is 27.4. The number of hydrogen-bond donors (Lipinski definition) is 2. The minimum Gasteiger partial charge on any atom is -0.299 e. The number of fused-ring (bicyclic) bond motifs is 1. The van der Waals surface area contributed by atoms with Crippen LogP contribution in [0.2, 0.25) is 5.02 Å². The Balaban J connectivity index is 1.27. The molecule has 0 spiro atoms. The average Bonchev–Trinajstić information content (AvgIpc) is 3.26. The second-order valence-electron chi connectivity index (χ2n) is 7.35. The summed E-state index contributed by atoms with van der Waals surface area (Å²) in [5, 5.41) is 10.4. The van der Waals surface area contributed by atoms with Gasteiger partial charge in [-0.1, -0.05) is 59.3 Å². The Morgan fingerprint density at radius 3 is 2.66 bits per heavy atom. The van der Waals surface area contributed by atoms with Gasteiger partial charge in [0.25, 0.3) is 15.9 Å². The van der Waals surface area contributed by atoms with E-state index in [1.807, 2.05) is 6.07 Å². The second-order valence-corrected chi connectivity index (χ2v) is 10.7. The van der Waals surface area contributed by atoms with E-state index in [9.17, 15) is 13.2 Å². The summed E-state index contributed by atoms with van der Waals surface area (Å²) in [5.41, 5.74) is 2.99. The van der Waals surface area contributed by atoms with Gasteiger partial charge in [-0.05, 0) is 42.6 Å². The third-order valence-electron chi connectivity index (χ3n) is 5.13. The van der Waals surface area contributed by atoms with E-state index in [1.165, 1.54) is 11.1 Å². The normalized spacial score (nSPS) is 14.2. The summed E-state index contributed by atoms with van der Waals surface area (Å²) in [6.45, 7) is 2.94. The Hall–Kier alpha value is -2.37. The van der Waals surface area contributed by atoms with Gasteiger partial charge in [0.1, 0.15) is 0 Å². The molecule has 4 rings (SSSR count). The number of halogens is 1. The molecule has 32 heavy (non-hydrogen) atoms. The SMILES string of the molecule is O=C(Nc1nnc(S(=O)(=O)NCCCN2CCc3ccccc3C2)s1)c1ccccc1Cl. The van der Waals surface area contributed by atoms with E-state index < -0.39 is 15.9 Å². The molecule has 8 nitrogen and oxygen atoms in total. The minimum atomic E-state index is -3.80. The Labute approximate surface area is 195 Å². The van der Waals surface area contributed by atoms with Gasteiger partial charge in [-0.25, -0.2) is 13.1 Å². The van der Waals surface area contributed by atoms with Gasteiger partial charge in [-0.3, -0.25) is 15.0 Å². The van der Waals surface area contributed by atoms with Crippen molar-refractivity contribution in [3.63, 3.8) is 0 Å². The number of nitrogens with zero attached hydrogens (tertiary/aromatic N) is 3. The van der Waals surface area contributed by atoms with Crippen LogP contribution in [0, 0.1) is 0 Å². The molecule has 3 aromatic rings. The first-order valence-corrected chi connectivity index (χ1v) is 12.8. The van der Waals surface area contributed by atoms with Gasteiger partial charge in [0.2, 0.25) is 9.47 Å². The highest BCUT2D eigenvalue weighted by Gasteiger charge is 2.22. The van der Waals surface area contributed by atoms with Crippen molar-refractivity contribution in [1.29, 1.82) is 0 Å². The molecule has 11 heteroatoms. The third-order valence-corrected chi connectivity index (χ3v) is 8.12. The Bertz CT molecular complexity index is 1220. The molecule has 0 saturated carbocycles. The minimum absolute atomic E-state index is 0.0854. The van der Waals surface area contributed by atoms with Gasteiger partial charge in [0.15, 0.2) is 0 Å². The van der Waals surface area contributed by atoms with Crippen LogP contribution in [-0.2, 0) is 23.0 Å². The summed E-state index contributed by atoms with van der Waals surface area (Å²) in [7, 11) is -3.80. The molecule has 0 aliphatic carbocycles. The van der Waals surface area contributed by atoms with Crippen molar-refractivity contribution in [3.05, 3.63) is 70.2 Å². The summed E-state index contributed by atoms with van der Waals surface area (Å²) in [6, 6.07) is 15.0. The van der Waals surface area contributed by atoms with Crippen molar-refractivity contribution in [2.75, 3.05) is 25.0 Å². The predicted molar refractivity (Wildman–Crippen MR) is 125 cm³/mol. The number of rotatable bonds is 8. The van der Waals surface area contributed by atoms with E-state index in [0.717, 1.165) is 37.4 Å². The van der Waals surface area contributed by atoms with Crippen LogP contribution in [-0.4, -0.2) is 49.1 Å². The fourth-order valence-corrected chi connectivity index (χ4v) is 5.73. The van der Waals surface area contributed by atoms with Crippen LogP contribution in [0.1, 0.15) is 27.9 Å². The number of amides is 1. The highest BCUT2D eigenvalue weighted by atomic mass is 35.5. The van der Waals surface area contributed by atoms with E-state index in [4.69, 9.17) is 11.6 Å². The monoisotopic (exact) mass is 491 g/mol. The van der Waals surface area contributed by atoms with Crippen molar-refractivity contribution in [3.8, 4) is 0 Å². The van der Waals surface area contributed by atoms with Crippen molar-refractivity contribution in [2.45, 2.75) is 23.7 Å². The molecule has 1 amide bonds. The molecule has 0 saturated heterocycles. The van der Waals surface area contributed by atoms with Crippen molar-refractivity contribution in [2.24, 2.45) is 0 Å². The first-order valence-electron chi connectivity index (χ1n) is 10.1. The molecule has 2 heterocycles. The maximum absolute atomic E-state index is 12.5. The lowest BCUT2D eigenvalue weighted by Gasteiger charge is -2.28. The molecule has 0 radical (unpaired) electrons. The predicted octanol–water partition coefficient (Wildman–Crippen LogP) is 3.17. The van der Waals surface area contributed by atoms with Crippen molar-refractivity contribution < 1.29 is 13.2 Å². The van der Waals surface area contributed by atoms with Gasteiger partial charge in [0.05, 0.1) is 10.6 Å². The fraction of sp³-hybridized carbons (Fsp3) is 0.286. The highest BCUT2D eigenvalue weighted by Crippen LogP contribution is 2.22. The standard InChI is InChI=1S/C21H22ClN5O3S2/c22-18-9-4-3-8-17(18)19(28)24-20-25-26-21(31-20)32(29,30)23-11-5-12-27-13-10-15-6-1-2-7-16(15)14-27/h1-4,6-9,23H,5,10-14H2,(H,24,25,28). The smallest absolute Gasteiger partial charge is 0.269 e. The van der Waals surface area contributed by atoms with Gasteiger partial charge in [-0.15, -0.1) is 10.2 Å². The molecule has 168 valence electrons. The number of carbonyl (C=O) groups excluding carboxylic acids is 1. The molecule has 1 aliphatic heterocycles. The maximum Gasteiger partial charge on any atom is 0.269 e. The van der Waals surface area contributed by atoms with Gasteiger partial charge >= 0.3 is 0 Å². The fourth-order valence-electron chi connectivity index (χ4n) is 3.49. The molecule has 2 aromatic carbocycles. The average molecular weight is 492 g/mol. The van der Waals surface area contributed by atoms with Crippen molar-refractivity contribution in [1.82, 2.24) is 19.8 Å². The van der Waals surface area contributed by atoms with Crippen LogP contribution in [0.25, 0.3) is 0 Å². The second kappa shape index (κ2) is 10.1. The van der Waals surface area contributed by atoms with Crippen LogP contribution in [0.15, 0.2) is 52.9 Å². The van der Waals surface area contributed by atoms with Crippen LogP contribution in [0.4, 0.5) is 5.13 Å². The molecule has 2 N–H and O–H groups in total. The molecule has 1 aliphatic rings. The molecule has 0 fully saturated rings. The van der Waals surface area contributed by atoms with Gasteiger partial charge in [-0.2, -0.15) is 0 Å². The third kappa shape index (κ3) is 5.51. The number of carbonyl (C=O) groups is 1. The first kappa shape index (κ1) is 22.8. The molecular weight excluding hydrogens is 470 g/mol. The van der Waals surface area contributed by atoms with Crippen molar-refractivity contribution >= 4 is 44.0 Å². The molecule has 0 bridgehead atoms. The van der Waals surface area contributed by atoms with E-state index in [-0.39, 0.29) is 15.0 Å². The number of aromatic nitrogens is 2. The maximum atomic E-state index is 12.5. The Morgan fingerprint density at radius 1 is 1.09 bits per heavy atom. The number of sulfonamides is 1. The highest BCUT2D eigenvalue weighted by molar-refractivity contribution is 7.91. The summed E-state index contributed by atoms with van der Waals surface area (Å²) in [4.78, 5) is 14.6. The first-order chi connectivity index (χ1) is 15.4.